The van der Waals surface area contributed by atoms with Crippen LogP contribution in [0, 0.1) is 23.7 Å². The van der Waals surface area contributed by atoms with Gasteiger partial charge >= 0.3 is 5.97 Å². The molecular formula is C39H68O11. The van der Waals surface area contributed by atoms with E-state index in [-0.39, 0.29) is 54.9 Å². The Kier molecular flexibility index (Phi) is 19.9. The predicted molar refractivity (Wildman–Crippen MR) is 193 cm³/mol. The molecule has 0 amide bonds. The molecule has 1 saturated heterocycles. The number of methoxy groups -OCH3 is 2. The van der Waals surface area contributed by atoms with E-state index in [4.69, 9.17) is 24.1 Å². The van der Waals surface area contributed by atoms with Gasteiger partial charge in [0.1, 0.15) is 0 Å². The summed E-state index contributed by atoms with van der Waals surface area (Å²) in [4.78, 5) is 10.7. The molecule has 0 radical (unpaired) electrons. The summed E-state index contributed by atoms with van der Waals surface area (Å²) in [7, 11) is 3.32. The lowest BCUT2D eigenvalue weighted by Crippen LogP contribution is -2.43. The van der Waals surface area contributed by atoms with Gasteiger partial charge in [-0.3, -0.25) is 0 Å². The lowest BCUT2D eigenvalue weighted by Gasteiger charge is -2.37. The fourth-order valence-electron chi connectivity index (χ4n) is 7.31. The summed E-state index contributed by atoms with van der Waals surface area (Å²) in [5.74, 6) is -2.50. The number of rotatable bonds is 22. The van der Waals surface area contributed by atoms with Gasteiger partial charge in [-0.15, -0.1) is 0 Å². The summed E-state index contributed by atoms with van der Waals surface area (Å²) in [6.45, 7) is 11.2. The van der Waals surface area contributed by atoms with Crippen molar-refractivity contribution in [3.63, 3.8) is 0 Å². The number of ether oxygens (including phenoxy) is 4. The molecule has 290 valence electrons. The van der Waals surface area contributed by atoms with Crippen LogP contribution in [0.3, 0.4) is 0 Å². The maximum Gasteiger partial charge on any atom is 0.328 e. The lowest BCUT2D eigenvalue weighted by atomic mass is 9.79. The molecule has 0 saturated carbocycles. The van der Waals surface area contributed by atoms with Crippen LogP contribution >= 0.6 is 0 Å². The number of aliphatic hydroxyl groups excluding tert-OH is 5. The number of aliphatic hydroxyl groups is 5. The normalized spacial score (nSPS) is 29.5. The summed E-state index contributed by atoms with van der Waals surface area (Å²) in [5, 5.41) is 63.8. The molecule has 2 aliphatic heterocycles. The van der Waals surface area contributed by atoms with E-state index in [9.17, 15) is 30.3 Å². The average Bonchev–Trinajstić information content (AvgIpc) is 3.09. The van der Waals surface area contributed by atoms with Gasteiger partial charge in [-0.25, -0.2) is 4.79 Å². The topological polar surface area (TPSA) is 175 Å². The molecule has 2 aliphatic rings. The molecule has 11 heteroatoms. The van der Waals surface area contributed by atoms with Crippen LogP contribution in [0.4, 0.5) is 0 Å². The minimum absolute atomic E-state index is 0.0460. The van der Waals surface area contributed by atoms with Crippen LogP contribution in [0.1, 0.15) is 99.3 Å². The third-order valence-corrected chi connectivity index (χ3v) is 10.9. The number of allylic oxidation sites excluding steroid dienone is 2. The third-order valence-electron chi connectivity index (χ3n) is 10.9. The second kappa shape index (κ2) is 22.4. The highest BCUT2D eigenvalue weighted by molar-refractivity contribution is 5.80. The van der Waals surface area contributed by atoms with Gasteiger partial charge in [0.05, 0.1) is 67.1 Å². The largest absolute Gasteiger partial charge is 0.478 e. The zero-order valence-corrected chi connectivity index (χ0v) is 31.6. The van der Waals surface area contributed by atoms with E-state index in [1.54, 1.807) is 41.1 Å². The van der Waals surface area contributed by atoms with E-state index in [1.807, 2.05) is 26.0 Å². The number of carbonyl (C=O) groups is 1. The van der Waals surface area contributed by atoms with Crippen molar-refractivity contribution in [2.24, 2.45) is 23.7 Å². The summed E-state index contributed by atoms with van der Waals surface area (Å²) in [6, 6.07) is 0. The first-order chi connectivity index (χ1) is 23.6. The fraction of sp³-hybridized carbons (Fsp3) is 0.821. The molecule has 11 nitrogen and oxygen atoms in total. The SMILES string of the molecule is COC1CC(C)OC(CCC(C)C(O)C(C)C(O)C(C)C(O)CC(O)C(C)C(CC2CC=CC(CC(O)CC=C(C)C=CC(=O)O)O2)OC)C1. The molecule has 0 aromatic heterocycles. The van der Waals surface area contributed by atoms with Gasteiger partial charge in [-0.05, 0) is 64.7 Å². The molecule has 6 N–H and O–H groups in total. The Morgan fingerprint density at radius 1 is 0.900 bits per heavy atom. The van der Waals surface area contributed by atoms with Gasteiger partial charge < -0.3 is 49.6 Å². The number of carboxylic acid groups (broad SMARTS) is 1. The molecule has 0 aliphatic carbocycles. The lowest BCUT2D eigenvalue weighted by molar-refractivity contribution is -0.131. The summed E-state index contributed by atoms with van der Waals surface area (Å²) >= 11 is 0. The number of hydrogen-bond donors (Lipinski definition) is 6. The zero-order valence-electron chi connectivity index (χ0n) is 31.6. The van der Waals surface area contributed by atoms with Gasteiger partial charge in [-0.1, -0.05) is 57.6 Å². The zero-order chi connectivity index (χ0) is 37.5. The van der Waals surface area contributed by atoms with Gasteiger partial charge in [0.25, 0.3) is 0 Å². The summed E-state index contributed by atoms with van der Waals surface area (Å²) < 4.78 is 23.7. The highest BCUT2D eigenvalue weighted by Crippen LogP contribution is 2.31. The smallest absolute Gasteiger partial charge is 0.328 e. The first-order valence-corrected chi connectivity index (χ1v) is 18.6. The van der Waals surface area contributed by atoms with Crippen molar-refractivity contribution < 1.29 is 54.4 Å². The first-order valence-electron chi connectivity index (χ1n) is 18.6. The van der Waals surface area contributed by atoms with E-state index >= 15 is 0 Å². The van der Waals surface area contributed by atoms with E-state index in [2.05, 4.69) is 6.92 Å². The van der Waals surface area contributed by atoms with Crippen LogP contribution in [0.25, 0.3) is 0 Å². The van der Waals surface area contributed by atoms with Crippen molar-refractivity contribution in [3.05, 3.63) is 36.0 Å². The van der Waals surface area contributed by atoms with E-state index in [1.165, 1.54) is 6.08 Å². The van der Waals surface area contributed by atoms with Gasteiger partial charge in [-0.2, -0.15) is 0 Å². The standard InChI is InChI=1S/C39H68O11/c1-23(13-17-37(43)44)12-15-29(40)19-30-10-9-11-31(50-30)21-36(48-8)26(4)34(41)22-35(42)27(5)39(46)28(6)38(45)24(2)14-16-32-20-33(47-7)18-25(3)49-32/h9-10,12-13,17,24-36,38-42,45-46H,11,14-16,18-22H2,1-8H3,(H,43,44). The monoisotopic (exact) mass is 712 g/mol. The molecule has 15 atom stereocenters. The van der Waals surface area contributed by atoms with Crippen LogP contribution < -0.4 is 0 Å². The highest BCUT2D eigenvalue weighted by Gasteiger charge is 2.37. The number of carboxylic acids is 1. The second-order valence-corrected chi connectivity index (χ2v) is 15.1. The van der Waals surface area contributed by atoms with Crippen LogP contribution in [0.2, 0.25) is 0 Å². The molecule has 50 heavy (non-hydrogen) atoms. The number of hydrogen-bond acceptors (Lipinski definition) is 10. The Balaban J connectivity index is 1.84. The molecule has 1 fully saturated rings. The summed E-state index contributed by atoms with van der Waals surface area (Å²) in [6.07, 6.45) is 8.81. The molecule has 15 unspecified atom stereocenters. The maximum atomic E-state index is 11.2. The minimum atomic E-state index is -1.02. The molecule has 2 rings (SSSR count). The van der Waals surface area contributed by atoms with Crippen LogP contribution in [0.15, 0.2) is 36.0 Å². The van der Waals surface area contributed by atoms with Crippen LogP contribution in [-0.2, 0) is 23.7 Å². The van der Waals surface area contributed by atoms with E-state index in [0.717, 1.165) is 37.3 Å². The van der Waals surface area contributed by atoms with E-state index < -0.39 is 48.3 Å². The van der Waals surface area contributed by atoms with Crippen LogP contribution in [-0.4, -0.2) is 118 Å². The summed E-state index contributed by atoms with van der Waals surface area (Å²) in [5.41, 5.74) is 0.753. The second-order valence-electron chi connectivity index (χ2n) is 15.1. The average molecular weight is 713 g/mol. The minimum Gasteiger partial charge on any atom is -0.478 e. The maximum absolute atomic E-state index is 11.2. The van der Waals surface area contributed by atoms with Gasteiger partial charge in [0.2, 0.25) is 0 Å². The van der Waals surface area contributed by atoms with Crippen molar-refractivity contribution in [1.29, 1.82) is 0 Å². The first kappa shape index (κ1) is 44.5. The fourth-order valence-corrected chi connectivity index (χ4v) is 7.31. The quantitative estimate of drug-likeness (QED) is 0.0527. The Morgan fingerprint density at radius 3 is 2.22 bits per heavy atom. The Labute approximate surface area is 300 Å². The van der Waals surface area contributed by atoms with Crippen molar-refractivity contribution in [3.8, 4) is 0 Å². The Bertz CT molecular complexity index is 1060. The molecule has 0 spiro atoms. The Hall–Kier alpha value is -1.67. The van der Waals surface area contributed by atoms with Crippen molar-refractivity contribution >= 4 is 5.97 Å². The van der Waals surface area contributed by atoms with Crippen molar-refractivity contribution in [2.45, 2.75) is 166 Å². The van der Waals surface area contributed by atoms with Crippen LogP contribution in [0.5, 0.6) is 0 Å². The van der Waals surface area contributed by atoms with Crippen molar-refractivity contribution in [1.82, 2.24) is 0 Å². The molecule has 0 aromatic carbocycles. The van der Waals surface area contributed by atoms with E-state index in [0.29, 0.717) is 25.7 Å². The Morgan fingerprint density at radius 2 is 1.58 bits per heavy atom. The van der Waals surface area contributed by atoms with Crippen molar-refractivity contribution in [2.75, 3.05) is 14.2 Å². The van der Waals surface area contributed by atoms with Gasteiger partial charge in [0, 0.05) is 50.9 Å². The molecule has 0 aromatic rings. The van der Waals surface area contributed by atoms with Gasteiger partial charge in [0.15, 0.2) is 0 Å². The molecular weight excluding hydrogens is 644 g/mol. The molecule has 2 heterocycles. The number of aliphatic carboxylic acids is 1. The highest BCUT2D eigenvalue weighted by atomic mass is 16.5. The third kappa shape index (κ3) is 15.1. The predicted octanol–water partition coefficient (Wildman–Crippen LogP) is 4.57. The molecule has 0 bridgehead atoms.